The Morgan fingerprint density at radius 2 is 1.02 bits per heavy atom. The van der Waals surface area contributed by atoms with Gasteiger partial charge >= 0.3 is 0 Å². The Bertz CT molecular complexity index is 2590. The summed E-state index contributed by atoms with van der Waals surface area (Å²) in [4.78, 5) is 15.4. The third kappa shape index (κ3) is 4.35. The lowest BCUT2D eigenvalue weighted by Gasteiger charge is -2.12. The molecule has 0 atom stereocenters. The molecule has 47 heavy (non-hydrogen) atoms. The first kappa shape index (κ1) is 27.3. The highest BCUT2D eigenvalue weighted by Crippen LogP contribution is 2.41. The van der Waals surface area contributed by atoms with Gasteiger partial charge in [0.2, 0.25) is 5.95 Å². The molecule has 0 saturated carbocycles. The first-order valence-corrected chi connectivity index (χ1v) is 16.0. The average Bonchev–Trinajstić information content (AvgIpc) is 3.61. The molecule has 0 N–H and O–H groups in total. The van der Waals surface area contributed by atoms with Crippen molar-refractivity contribution in [1.29, 1.82) is 0 Å². The van der Waals surface area contributed by atoms with E-state index >= 15 is 0 Å². The second kappa shape index (κ2) is 10.5. The normalized spacial score (nSPS) is 11.7. The number of aryl methyl sites for hydroxylation is 3. The molecule has 5 heteroatoms. The van der Waals surface area contributed by atoms with Crippen molar-refractivity contribution in [2.24, 2.45) is 0 Å². The van der Waals surface area contributed by atoms with Crippen LogP contribution in [0.25, 0.3) is 78.0 Å². The molecule has 0 fully saturated rings. The number of benzene rings is 6. The quantitative estimate of drug-likeness (QED) is 0.201. The predicted molar refractivity (Wildman–Crippen MR) is 194 cm³/mol. The number of hydrogen-bond donors (Lipinski definition) is 0. The second-order valence-corrected chi connectivity index (χ2v) is 12.4. The van der Waals surface area contributed by atoms with Crippen molar-refractivity contribution in [3.63, 3.8) is 0 Å². The fraction of sp³-hybridized carbons (Fsp3) is 0.0714. The maximum Gasteiger partial charge on any atom is 0.238 e. The van der Waals surface area contributed by atoms with Gasteiger partial charge in [0.1, 0.15) is 0 Å². The molecule has 3 heterocycles. The molecular weight excluding hydrogens is 574 g/mol. The highest BCUT2D eigenvalue weighted by Gasteiger charge is 2.22. The lowest BCUT2D eigenvalue weighted by Crippen LogP contribution is -2.06. The Kier molecular flexibility index (Phi) is 6.09. The van der Waals surface area contributed by atoms with E-state index in [0.717, 1.165) is 44.4 Å². The zero-order valence-corrected chi connectivity index (χ0v) is 26.4. The van der Waals surface area contributed by atoms with E-state index in [-0.39, 0.29) is 0 Å². The molecule has 0 aliphatic rings. The van der Waals surface area contributed by atoms with Gasteiger partial charge in [-0.1, -0.05) is 108 Å². The molecule has 5 nitrogen and oxygen atoms in total. The number of fused-ring (bicyclic) bond motifs is 7. The van der Waals surface area contributed by atoms with Gasteiger partial charge in [0, 0.05) is 38.4 Å². The van der Waals surface area contributed by atoms with Crippen LogP contribution in [-0.2, 0) is 0 Å². The van der Waals surface area contributed by atoms with Gasteiger partial charge in [-0.2, -0.15) is 9.97 Å². The van der Waals surface area contributed by atoms with E-state index in [0.29, 0.717) is 17.6 Å². The van der Waals surface area contributed by atoms with E-state index in [1.807, 2.05) is 0 Å². The zero-order valence-electron chi connectivity index (χ0n) is 26.4. The number of hydrogen-bond acceptors (Lipinski definition) is 3. The Hall–Kier alpha value is -6.07. The summed E-state index contributed by atoms with van der Waals surface area (Å²) >= 11 is 0. The fourth-order valence-electron chi connectivity index (χ4n) is 6.98. The summed E-state index contributed by atoms with van der Waals surface area (Å²) in [6.07, 6.45) is 0. The number of nitrogens with zero attached hydrogens (tertiary/aromatic N) is 5. The van der Waals surface area contributed by atoms with Gasteiger partial charge in [-0.05, 0) is 63.2 Å². The highest BCUT2D eigenvalue weighted by molar-refractivity contribution is 6.26. The molecule has 9 aromatic rings. The summed E-state index contributed by atoms with van der Waals surface area (Å²) in [7, 11) is 0. The van der Waals surface area contributed by atoms with Gasteiger partial charge in [-0.3, -0.25) is 4.57 Å². The van der Waals surface area contributed by atoms with Crippen LogP contribution < -0.4 is 0 Å². The maximum absolute atomic E-state index is 5.18. The second-order valence-electron chi connectivity index (χ2n) is 12.4. The van der Waals surface area contributed by atoms with E-state index in [4.69, 9.17) is 15.0 Å². The molecule has 0 saturated heterocycles. The zero-order chi connectivity index (χ0) is 31.6. The van der Waals surface area contributed by atoms with Crippen molar-refractivity contribution in [2.45, 2.75) is 20.8 Å². The third-order valence-corrected chi connectivity index (χ3v) is 9.14. The van der Waals surface area contributed by atoms with Crippen molar-refractivity contribution >= 4 is 43.6 Å². The fourth-order valence-corrected chi connectivity index (χ4v) is 6.98. The van der Waals surface area contributed by atoms with E-state index < -0.39 is 0 Å². The molecule has 0 aliphatic carbocycles. The predicted octanol–water partition coefficient (Wildman–Crippen LogP) is 10.3. The van der Waals surface area contributed by atoms with E-state index in [1.54, 1.807) is 0 Å². The van der Waals surface area contributed by atoms with Gasteiger partial charge in [0.05, 0.1) is 22.1 Å². The number of para-hydroxylation sites is 2. The molecule has 0 spiro atoms. The minimum Gasteiger partial charge on any atom is -0.309 e. The smallest absolute Gasteiger partial charge is 0.238 e. The molecule has 224 valence electrons. The molecule has 0 unspecified atom stereocenters. The average molecular weight is 606 g/mol. The molecule has 9 rings (SSSR count). The Morgan fingerprint density at radius 3 is 1.66 bits per heavy atom. The van der Waals surface area contributed by atoms with Crippen LogP contribution in [0.15, 0.2) is 133 Å². The number of aromatic nitrogens is 5. The van der Waals surface area contributed by atoms with Crippen molar-refractivity contribution in [3.05, 3.63) is 150 Å². The third-order valence-electron chi connectivity index (χ3n) is 9.14. The minimum absolute atomic E-state index is 0.594. The first-order valence-electron chi connectivity index (χ1n) is 16.0. The van der Waals surface area contributed by atoms with Crippen LogP contribution in [0.1, 0.15) is 16.7 Å². The monoisotopic (exact) mass is 605 g/mol. The summed E-state index contributed by atoms with van der Waals surface area (Å²) in [5.41, 5.74) is 11.1. The van der Waals surface area contributed by atoms with Gasteiger partial charge < -0.3 is 4.57 Å². The van der Waals surface area contributed by atoms with Crippen molar-refractivity contribution < 1.29 is 0 Å². The molecule has 0 radical (unpaired) electrons. The van der Waals surface area contributed by atoms with Crippen LogP contribution in [-0.4, -0.2) is 24.1 Å². The van der Waals surface area contributed by atoms with Crippen LogP contribution in [0, 0.1) is 20.8 Å². The van der Waals surface area contributed by atoms with Crippen molar-refractivity contribution in [3.8, 4) is 34.4 Å². The molecule has 0 aliphatic heterocycles. The van der Waals surface area contributed by atoms with Gasteiger partial charge in [-0.25, -0.2) is 4.98 Å². The van der Waals surface area contributed by atoms with E-state index in [9.17, 15) is 0 Å². The SMILES string of the molecule is Cc1ccc(-n2c3ccccc3c3ccc4c(c5ccccc5n4-c4nc(-c5cccc(C)c5)nc(-c5cccc(C)c5)n4)c32)cc1. The number of rotatable bonds is 4. The maximum atomic E-state index is 5.18. The van der Waals surface area contributed by atoms with Crippen LogP contribution in [0.2, 0.25) is 0 Å². The van der Waals surface area contributed by atoms with Gasteiger partial charge in [-0.15, -0.1) is 0 Å². The summed E-state index contributed by atoms with van der Waals surface area (Å²) in [5.74, 6) is 1.89. The van der Waals surface area contributed by atoms with Crippen molar-refractivity contribution in [1.82, 2.24) is 24.1 Å². The lowest BCUT2D eigenvalue weighted by atomic mass is 10.1. The standard InChI is InChI=1S/C42H31N5/c1-26-18-20-31(21-19-26)46-35-16-6-4-14-32(35)33-22-23-37-38(39(33)46)34-15-5-7-17-36(34)47(37)42-44-40(29-12-8-10-27(2)24-29)43-41(45-42)30-13-9-11-28(3)25-30/h4-25H,1-3H3. The molecule has 3 aromatic heterocycles. The summed E-state index contributed by atoms with van der Waals surface area (Å²) < 4.78 is 4.62. The van der Waals surface area contributed by atoms with E-state index in [2.05, 4.69) is 163 Å². The van der Waals surface area contributed by atoms with E-state index in [1.165, 1.54) is 32.8 Å². The Labute approximate surface area is 272 Å². The molecule has 6 aromatic carbocycles. The van der Waals surface area contributed by atoms with Crippen molar-refractivity contribution in [2.75, 3.05) is 0 Å². The topological polar surface area (TPSA) is 48.5 Å². The summed E-state index contributed by atoms with van der Waals surface area (Å²) in [6, 6.07) is 47.3. The highest BCUT2D eigenvalue weighted by atomic mass is 15.2. The molecular formula is C42H31N5. The lowest BCUT2D eigenvalue weighted by molar-refractivity contribution is 0.953. The molecule has 0 amide bonds. The van der Waals surface area contributed by atoms with Crippen LogP contribution >= 0.6 is 0 Å². The molecule has 0 bridgehead atoms. The van der Waals surface area contributed by atoms with Crippen LogP contribution in [0.5, 0.6) is 0 Å². The van der Waals surface area contributed by atoms with Gasteiger partial charge in [0.25, 0.3) is 0 Å². The summed E-state index contributed by atoms with van der Waals surface area (Å²) in [5, 5.41) is 4.77. The van der Waals surface area contributed by atoms with Gasteiger partial charge in [0.15, 0.2) is 11.6 Å². The first-order chi connectivity index (χ1) is 23.0. The minimum atomic E-state index is 0.594. The Balaban J connectivity index is 1.42. The summed E-state index contributed by atoms with van der Waals surface area (Å²) in [6.45, 7) is 6.32. The largest absolute Gasteiger partial charge is 0.309 e. The Morgan fingerprint density at radius 1 is 0.426 bits per heavy atom. The van der Waals surface area contributed by atoms with Crippen LogP contribution in [0.3, 0.4) is 0 Å². The van der Waals surface area contributed by atoms with Crippen LogP contribution in [0.4, 0.5) is 0 Å².